The molecule has 37 heavy (non-hydrogen) atoms. The number of aryl methyl sites for hydroxylation is 1. The number of amides is 1. The molecule has 1 aromatic heterocycles. The minimum atomic E-state index is -0.656. The highest BCUT2D eigenvalue weighted by molar-refractivity contribution is 7.17. The molecule has 0 atom stereocenters. The molecule has 3 aromatic rings. The second-order valence-corrected chi connectivity index (χ2v) is 9.90. The third-order valence-electron chi connectivity index (χ3n) is 5.82. The van der Waals surface area contributed by atoms with Gasteiger partial charge in [0.05, 0.1) is 12.2 Å². The molecule has 4 rings (SSSR count). The lowest BCUT2D eigenvalue weighted by molar-refractivity contribution is -0.112. The van der Waals surface area contributed by atoms with Gasteiger partial charge in [0.25, 0.3) is 5.91 Å². The van der Waals surface area contributed by atoms with Crippen LogP contribution in [0.15, 0.2) is 48.0 Å². The molecule has 1 heterocycles. The maximum absolute atomic E-state index is 13.2. The van der Waals surface area contributed by atoms with Crippen molar-refractivity contribution in [1.82, 2.24) is 0 Å². The lowest BCUT2D eigenvalue weighted by atomic mass is 9.95. The molecule has 0 fully saturated rings. The molecule has 1 N–H and O–H groups in total. The molecule has 0 radical (unpaired) electrons. The number of ether oxygens (including phenoxy) is 2. The highest BCUT2D eigenvalue weighted by atomic mass is 35.5. The molecule has 1 aliphatic rings. The average Bonchev–Trinajstić information content (AvgIpc) is 3.25. The quantitative estimate of drug-likeness (QED) is 0.195. The summed E-state index contributed by atoms with van der Waals surface area (Å²) in [5.74, 6) is -1.09. The molecule has 1 aliphatic carbocycles. The SMILES string of the molecule is CCOC(=O)c1c(NC(=O)/C(C#N)=C/c2cc(Cl)ccc2OCc2ccc(F)cc2)sc2c1CCCC2. The molecule has 9 heteroatoms. The second kappa shape index (κ2) is 12.0. The molecule has 2 aromatic carbocycles. The van der Waals surface area contributed by atoms with E-state index in [0.717, 1.165) is 41.7 Å². The third kappa shape index (κ3) is 6.37. The molecule has 0 aliphatic heterocycles. The first-order valence-electron chi connectivity index (χ1n) is 11.8. The van der Waals surface area contributed by atoms with E-state index in [9.17, 15) is 19.2 Å². The Balaban J connectivity index is 1.60. The van der Waals surface area contributed by atoms with Crippen LogP contribution >= 0.6 is 22.9 Å². The van der Waals surface area contributed by atoms with E-state index in [1.807, 2.05) is 6.07 Å². The Labute approximate surface area is 223 Å². The topological polar surface area (TPSA) is 88.4 Å². The van der Waals surface area contributed by atoms with Gasteiger partial charge in [-0.15, -0.1) is 11.3 Å². The number of thiophene rings is 1. The van der Waals surface area contributed by atoms with Crippen LogP contribution in [-0.4, -0.2) is 18.5 Å². The monoisotopic (exact) mass is 538 g/mol. The summed E-state index contributed by atoms with van der Waals surface area (Å²) < 4.78 is 24.3. The van der Waals surface area contributed by atoms with Crippen molar-refractivity contribution in [3.63, 3.8) is 0 Å². The first-order valence-corrected chi connectivity index (χ1v) is 13.0. The van der Waals surface area contributed by atoms with Gasteiger partial charge in [0.2, 0.25) is 0 Å². The fourth-order valence-corrected chi connectivity index (χ4v) is 5.51. The van der Waals surface area contributed by atoms with Crippen molar-refractivity contribution >= 4 is 45.9 Å². The Morgan fingerprint density at radius 1 is 1.19 bits per heavy atom. The largest absolute Gasteiger partial charge is 0.488 e. The van der Waals surface area contributed by atoms with Crippen LogP contribution in [-0.2, 0) is 29.0 Å². The summed E-state index contributed by atoms with van der Waals surface area (Å²) in [4.78, 5) is 26.9. The highest BCUT2D eigenvalue weighted by Gasteiger charge is 2.28. The summed E-state index contributed by atoms with van der Waals surface area (Å²) in [6, 6.07) is 12.7. The number of nitriles is 1. The summed E-state index contributed by atoms with van der Waals surface area (Å²) in [5, 5.41) is 13.3. The van der Waals surface area contributed by atoms with Gasteiger partial charge in [-0.1, -0.05) is 23.7 Å². The van der Waals surface area contributed by atoms with E-state index in [-0.39, 0.29) is 24.6 Å². The van der Waals surface area contributed by atoms with Crippen LogP contribution in [0.25, 0.3) is 6.08 Å². The van der Waals surface area contributed by atoms with Crippen molar-refractivity contribution in [3.8, 4) is 11.8 Å². The van der Waals surface area contributed by atoms with E-state index < -0.39 is 11.9 Å². The van der Waals surface area contributed by atoms with E-state index in [1.165, 1.54) is 29.5 Å². The number of fused-ring (bicyclic) bond motifs is 1. The Morgan fingerprint density at radius 2 is 1.95 bits per heavy atom. The Hall–Kier alpha value is -3.67. The summed E-state index contributed by atoms with van der Waals surface area (Å²) in [6.07, 6.45) is 4.94. The molecular weight excluding hydrogens is 515 g/mol. The van der Waals surface area contributed by atoms with Gasteiger partial charge in [-0.3, -0.25) is 4.79 Å². The Bertz CT molecular complexity index is 1390. The number of nitrogens with one attached hydrogen (secondary N) is 1. The lowest BCUT2D eigenvalue weighted by Crippen LogP contribution is -2.16. The van der Waals surface area contributed by atoms with Crippen LogP contribution in [0.1, 0.15) is 51.7 Å². The van der Waals surface area contributed by atoms with Crippen LogP contribution in [0.4, 0.5) is 9.39 Å². The number of carbonyl (C=O) groups excluding carboxylic acids is 2. The van der Waals surface area contributed by atoms with Gasteiger partial charge in [0, 0.05) is 15.5 Å². The van der Waals surface area contributed by atoms with E-state index >= 15 is 0 Å². The van der Waals surface area contributed by atoms with Crippen molar-refractivity contribution in [2.24, 2.45) is 0 Å². The highest BCUT2D eigenvalue weighted by Crippen LogP contribution is 2.39. The van der Waals surface area contributed by atoms with E-state index in [4.69, 9.17) is 21.1 Å². The van der Waals surface area contributed by atoms with Gasteiger partial charge >= 0.3 is 5.97 Å². The van der Waals surface area contributed by atoms with Gasteiger partial charge < -0.3 is 14.8 Å². The number of hydrogen-bond donors (Lipinski definition) is 1. The molecule has 0 spiro atoms. The minimum absolute atomic E-state index is 0.153. The zero-order valence-corrected chi connectivity index (χ0v) is 21.7. The van der Waals surface area contributed by atoms with Gasteiger partial charge in [0.1, 0.15) is 34.8 Å². The molecule has 0 saturated carbocycles. The minimum Gasteiger partial charge on any atom is -0.488 e. The fraction of sp³-hybridized carbons (Fsp3) is 0.250. The third-order valence-corrected chi connectivity index (χ3v) is 7.26. The molecule has 190 valence electrons. The summed E-state index contributed by atoms with van der Waals surface area (Å²) >= 11 is 7.52. The van der Waals surface area contributed by atoms with Crippen LogP contribution in [0.3, 0.4) is 0 Å². The number of anilines is 1. The molecule has 0 saturated heterocycles. The zero-order chi connectivity index (χ0) is 26.4. The second-order valence-electron chi connectivity index (χ2n) is 8.36. The number of nitrogens with zero attached hydrogens (tertiary/aromatic N) is 1. The van der Waals surface area contributed by atoms with Crippen LogP contribution < -0.4 is 10.1 Å². The van der Waals surface area contributed by atoms with Gasteiger partial charge in [-0.2, -0.15) is 5.26 Å². The number of halogens is 2. The molecule has 0 unspecified atom stereocenters. The van der Waals surface area contributed by atoms with Crippen molar-refractivity contribution in [3.05, 3.63) is 86.0 Å². The Morgan fingerprint density at radius 3 is 2.68 bits per heavy atom. The van der Waals surface area contributed by atoms with Gasteiger partial charge in [0.15, 0.2) is 0 Å². The maximum atomic E-state index is 13.2. The first-order chi connectivity index (χ1) is 17.9. The van der Waals surface area contributed by atoms with E-state index in [2.05, 4.69) is 5.32 Å². The van der Waals surface area contributed by atoms with Crippen LogP contribution in [0.2, 0.25) is 5.02 Å². The number of rotatable bonds is 8. The molecule has 1 amide bonds. The Kier molecular flexibility index (Phi) is 8.59. The van der Waals surface area contributed by atoms with Crippen molar-refractivity contribution < 1.29 is 23.5 Å². The molecule has 6 nitrogen and oxygen atoms in total. The van der Waals surface area contributed by atoms with E-state index in [0.29, 0.717) is 26.9 Å². The lowest BCUT2D eigenvalue weighted by Gasteiger charge is -2.12. The number of esters is 1. The van der Waals surface area contributed by atoms with Gasteiger partial charge in [-0.05, 0) is 80.1 Å². The maximum Gasteiger partial charge on any atom is 0.341 e. The summed E-state index contributed by atoms with van der Waals surface area (Å²) in [6.45, 7) is 2.10. The average molecular weight is 539 g/mol. The number of benzene rings is 2. The number of hydrogen-bond acceptors (Lipinski definition) is 6. The normalized spacial score (nSPS) is 12.9. The smallest absolute Gasteiger partial charge is 0.341 e. The molecular formula is C28H24ClFN2O4S. The van der Waals surface area contributed by atoms with Crippen molar-refractivity contribution in [2.75, 3.05) is 11.9 Å². The molecule has 0 bridgehead atoms. The first kappa shape index (κ1) is 26.4. The zero-order valence-electron chi connectivity index (χ0n) is 20.1. The van der Waals surface area contributed by atoms with Crippen LogP contribution in [0.5, 0.6) is 5.75 Å². The van der Waals surface area contributed by atoms with Gasteiger partial charge in [-0.25, -0.2) is 9.18 Å². The summed E-state index contributed by atoms with van der Waals surface area (Å²) in [7, 11) is 0. The van der Waals surface area contributed by atoms with E-state index in [1.54, 1.807) is 37.3 Å². The fourth-order valence-electron chi connectivity index (χ4n) is 4.05. The standard InChI is InChI=1S/C28H24ClFN2O4S/c1-2-35-28(34)25-22-5-3-4-6-24(22)37-27(25)32-26(33)19(15-31)13-18-14-20(29)9-12-23(18)36-16-17-7-10-21(30)11-8-17/h7-14H,2-6,16H2,1H3,(H,32,33)/b19-13+. The predicted octanol–water partition coefficient (Wildman–Crippen LogP) is 6.72. The number of carbonyl (C=O) groups is 2. The summed E-state index contributed by atoms with van der Waals surface area (Å²) in [5.41, 5.74) is 2.28. The van der Waals surface area contributed by atoms with Crippen LogP contribution in [0, 0.1) is 17.1 Å². The predicted molar refractivity (Wildman–Crippen MR) is 141 cm³/mol. The van der Waals surface area contributed by atoms with Crippen molar-refractivity contribution in [2.45, 2.75) is 39.2 Å². The van der Waals surface area contributed by atoms with Crippen molar-refractivity contribution in [1.29, 1.82) is 5.26 Å².